The summed E-state index contributed by atoms with van der Waals surface area (Å²) in [5, 5.41) is 7.06. The van der Waals surface area contributed by atoms with Crippen LogP contribution in [0.15, 0.2) is 48.9 Å². The predicted molar refractivity (Wildman–Crippen MR) is 165 cm³/mol. The van der Waals surface area contributed by atoms with Crippen molar-refractivity contribution in [3.8, 4) is 11.5 Å². The highest BCUT2D eigenvalue weighted by molar-refractivity contribution is 7.46. The van der Waals surface area contributed by atoms with E-state index in [-0.39, 0.29) is 12.3 Å². The van der Waals surface area contributed by atoms with Crippen LogP contribution >= 0.6 is 19.2 Å². The average Bonchev–Trinajstić information content (AvgIpc) is 3.39. The highest BCUT2D eigenvalue weighted by Crippen LogP contribution is 2.38. The van der Waals surface area contributed by atoms with Crippen LogP contribution in [0.25, 0.3) is 10.9 Å². The number of benzene rings is 2. The minimum Gasteiger partial charge on any atom is -0.493 e. The first kappa shape index (κ1) is 33.2. The number of halogens is 1. The van der Waals surface area contributed by atoms with Gasteiger partial charge < -0.3 is 34.8 Å². The molecule has 0 aliphatic heterocycles. The van der Waals surface area contributed by atoms with Gasteiger partial charge in [0.2, 0.25) is 5.91 Å². The maximum Gasteiger partial charge on any atom is 0.469 e. The van der Waals surface area contributed by atoms with Gasteiger partial charge in [0.25, 0.3) is 0 Å². The topological polar surface area (TPSA) is 168 Å². The van der Waals surface area contributed by atoms with Gasteiger partial charge in [-0.1, -0.05) is 13.0 Å². The molecular weight excluding hydrogens is 614 g/mol. The molecule has 1 atom stereocenters. The van der Waals surface area contributed by atoms with E-state index in [1.807, 2.05) is 6.92 Å². The first-order valence-electron chi connectivity index (χ1n) is 13.7. The van der Waals surface area contributed by atoms with E-state index >= 15 is 0 Å². The number of aromatic nitrogens is 3. The Balaban J connectivity index is 1.37. The Labute approximate surface area is 257 Å². The summed E-state index contributed by atoms with van der Waals surface area (Å²) in [5.74, 6) is 0.754. The van der Waals surface area contributed by atoms with Gasteiger partial charge in [-0.2, -0.15) is 0 Å². The largest absolute Gasteiger partial charge is 0.493 e. The molecule has 236 valence electrons. The smallest absolute Gasteiger partial charge is 0.469 e. The number of phosphoric ester groups is 1. The summed E-state index contributed by atoms with van der Waals surface area (Å²) in [5.41, 5.74) is 0.992. The van der Waals surface area contributed by atoms with Gasteiger partial charge in [0, 0.05) is 41.3 Å². The lowest BCUT2D eigenvalue weighted by Crippen LogP contribution is -2.31. The second-order valence-corrected chi connectivity index (χ2v) is 12.0. The fourth-order valence-electron chi connectivity index (χ4n) is 4.28. The number of phosphoric acid groups is 1. The number of thiazole rings is 1. The Morgan fingerprint density at radius 3 is 2.70 bits per heavy atom. The van der Waals surface area contributed by atoms with E-state index in [0.717, 1.165) is 6.54 Å². The van der Waals surface area contributed by atoms with E-state index in [4.69, 9.17) is 23.8 Å². The van der Waals surface area contributed by atoms with E-state index in [2.05, 4.69) is 30.5 Å². The van der Waals surface area contributed by atoms with Crippen LogP contribution in [0.2, 0.25) is 0 Å². The predicted octanol–water partition coefficient (Wildman–Crippen LogP) is 4.75. The zero-order chi connectivity index (χ0) is 31.7. The third kappa shape index (κ3) is 9.91. The summed E-state index contributed by atoms with van der Waals surface area (Å²) in [4.78, 5) is 46.3. The second kappa shape index (κ2) is 15.3. The van der Waals surface area contributed by atoms with E-state index in [1.54, 1.807) is 31.3 Å². The van der Waals surface area contributed by atoms with Crippen molar-refractivity contribution >= 4 is 52.6 Å². The number of likely N-dealkylation sites (N-methyl/N-ethyl adjacent to an activating group) is 1. The number of hydrogen-bond donors (Lipinski definition) is 4. The number of amides is 1. The number of fused-ring (bicyclic) bond motifs is 1. The number of ether oxygens (including phenoxy) is 2. The normalized spacial score (nSPS) is 12.3. The molecule has 4 rings (SSSR count). The number of anilines is 3. The van der Waals surface area contributed by atoms with Gasteiger partial charge in [0.15, 0.2) is 16.6 Å². The minimum atomic E-state index is -4.52. The van der Waals surface area contributed by atoms with Crippen LogP contribution in [-0.2, 0) is 20.3 Å². The fraction of sp³-hybridized carbons (Fsp3) is 0.357. The van der Waals surface area contributed by atoms with Crippen molar-refractivity contribution in [2.75, 3.05) is 44.0 Å². The Bertz CT molecular complexity index is 1620. The van der Waals surface area contributed by atoms with Gasteiger partial charge >= 0.3 is 7.82 Å². The number of hydrogen-bond acceptors (Lipinski definition) is 11. The number of nitrogens with one attached hydrogen (secondary N) is 2. The molecule has 0 aliphatic rings. The summed E-state index contributed by atoms with van der Waals surface area (Å²) in [6.07, 6.45) is 2.95. The summed E-state index contributed by atoms with van der Waals surface area (Å²) in [7, 11) is -2.98. The lowest BCUT2D eigenvalue weighted by atomic mass is 10.2. The maximum atomic E-state index is 13.4. The molecule has 0 radical (unpaired) electrons. The zero-order valence-electron chi connectivity index (χ0n) is 24.4. The van der Waals surface area contributed by atoms with Crippen LogP contribution < -0.4 is 20.1 Å². The van der Waals surface area contributed by atoms with Gasteiger partial charge in [-0.15, -0.1) is 11.3 Å². The van der Waals surface area contributed by atoms with Crippen LogP contribution in [0.1, 0.15) is 25.1 Å². The lowest BCUT2D eigenvalue weighted by molar-refractivity contribution is -0.115. The van der Waals surface area contributed by atoms with E-state index in [0.29, 0.717) is 70.0 Å². The van der Waals surface area contributed by atoms with Crippen molar-refractivity contribution < 1.29 is 37.5 Å². The molecule has 0 aliphatic carbocycles. The van der Waals surface area contributed by atoms with Crippen LogP contribution in [0.5, 0.6) is 11.5 Å². The lowest BCUT2D eigenvalue weighted by Gasteiger charge is -2.23. The molecule has 1 unspecified atom stereocenters. The highest BCUT2D eigenvalue weighted by atomic mass is 32.1. The summed E-state index contributed by atoms with van der Waals surface area (Å²) in [6, 6.07) is 9.23. The number of rotatable bonds is 16. The molecule has 44 heavy (non-hydrogen) atoms. The first-order valence-corrected chi connectivity index (χ1v) is 16.1. The Morgan fingerprint density at radius 2 is 1.98 bits per heavy atom. The quantitative estimate of drug-likeness (QED) is 0.123. The van der Waals surface area contributed by atoms with Gasteiger partial charge in [0.1, 0.15) is 24.6 Å². The van der Waals surface area contributed by atoms with Crippen LogP contribution in [-0.4, -0.2) is 75.0 Å². The zero-order valence-corrected chi connectivity index (χ0v) is 26.1. The van der Waals surface area contributed by atoms with Gasteiger partial charge in [-0.25, -0.2) is 23.9 Å². The molecule has 2 aromatic carbocycles. The molecule has 0 saturated heterocycles. The van der Waals surface area contributed by atoms with Crippen LogP contribution in [0, 0.1) is 5.82 Å². The van der Waals surface area contributed by atoms with Crippen LogP contribution in [0.3, 0.4) is 0 Å². The van der Waals surface area contributed by atoms with Crippen molar-refractivity contribution in [3.05, 3.63) is 59.6 Å². The number of carbonyl (C=O) groups excluding carboxylic acids is 1. The molecule has 1 amide bonds. The average molecular weight is 649 g/mol. The third-order valence-corrected chi connectivity index (χ3v) is 7.97. The van der Waals surface area contributed by atoms with Crippen molar-refractivity contribution in [1.29, 1.82) is 0 Å². The minimum absolute atomic E-state index is 0.0740. The SMILES string of the molecule is CCN(CCOc1cc2ncnc(Nc3ncc(CC(=O)Nc4cccc(F)c4)s3)c2cc1OC)CCC(C)OP(=O)(O)O. The van der Waals surface area contributed by atoms with Crippen molar-refractivity contribution in [2.45, 2.75) is 32.8 Å². The number of carbonyl (C=O) groups is 1. The first-order chi connectivity index (χ1) is 21.0. The standard InChI is InChI=1S/C28H34FN6O7PS/c1-4-35(9-8-18(2)42-43(37,38)39)10-11-41-25-15-23-22(14-24(25)40-3)27(32-17-31-23)34-28-30-16-21(44-28)13-26(36)33-20-7-5-6-19(29)12-20/h5-7,12,14-18H,4,8-11,13H2,1-3H3,(H,33,36)(H2,37,38,39)(H,30,31,32,34). The number of methoxy groups -OCH3 is 1. The Morgan fingerprint density at radius 1 is 1.16 bits per heavy atom. The molecule has 0 fully saturated rings. The molecule has 4 N–H and O–H groups in total. The molecule has 0 spiro atoms. The van der Waals surface area contributed by atoms with Crippen molar-refractivity contribution in [2.24, 2.45) is 0 Å². The molecule has 2 heterocycles. The molecule has 16 heteroatoms. The summed E-state index contributed by atoms with van der Waals surface area (Å²) in [6.45, 7) is 5.83. The summed E-state index contributed by atoms with van der Waals surface area (Å²) < 4.78 is 40.8. The molecule has 0 saturated carbocycles. The van der Waals surface area contributed by atoms with Gasteiger partial charge in [0.05, 0.1) is 25.2 Å². The molecular formula is C28H34FN6O7PS. The van der Waals surface area contributed by atoms with Gasteiger partial charge in [-0.05, 0) is 44.2 Å². The van der Waals surface area contributed by atoms with Crippen LogP contribution in [0.4, 0.5) is 21.0 Å². The number of nitrogens with zero attached hydrogens (tertiary/aromatic N) is 4. The fourth-order valence-corrected chi connectivity index (χ4v) is 5.66. The Hall–Kier alpha value is -3.72. The third-order valence-electron chi connectivity index (χ3n) is 6.42. The molecule has 2 aromatic heterocycles. The second-order valence-electron chi connectivity index (χ2n) is 9.71. The van der Waals surface area contributed by atoms with E-state index < -0.39 is 19.7 Å². The summed E-state index contributed by atoms with van der Waals surface area (Å²) >= 11 is 1.29. The monoisotopic (exact) mass is 648 g/mol. The molecule has 4 aromatic rings. The van der Waals surface area contributed by atoms with Crippen molar-refractivity contribution in [3.63, 3.8) is 0 Å². The van der Waals surface area contributed by atoms with Crippen molar-refractivity contribution in [1.82, 2.24) is 19.9 Å². The van der Waals surface area contributed by atoms with E-state index in [1.165, 1.54) is 43.0 Å². The molecule has 0 bridgehead atoms. The van der Waals surface area contributed by atoms with Gasteiger partial charge in [-0.3, -0.25) is 9.32 Å². The highest BCUT2D eigenvalue weighted by Gasteiger charge is 2.19. The van der Waals surface area contributed by atoms with E-state index in [9.17, 15) is 13.8 Å². The Kier molecular flexibility index (Phi) is 11.6. The molecule has 13 nitrogen and oxygen atoms in total. The maximum absolute atomic E-state index is 13.4.